The minimum absolute atomic E-state index is 0.0742. The molecule has 0 heterocycles. The van der Waals surface area contributed by atoms with Crippen molar-refractivity contribution in [3.63, 3.8) is 0 Å². The molecule has 4 nitrogen and oxygen atoms in total. The molecule has 0 saturated heterocycles. The van der Waals surface area contributed by atoms with Gasteiger partial charge < -0.3 is 10.0 Å². The second-order valence-electron chi connectivity index (χ2n) is 7.56. The minimum Gasteiger partial charge on any atom is -0.506 e. The fourth-order valence-corrected chi connectivity index (χ4v) is 7.18. The summed E-state index contributed by atoms with van der Waals surface area (Å²) in [7, 11) is 3.98. The van der Waals surface area contributed by atoms with Crippen LogP contribution < -0.4 is 20.8 Å². The van der Waals surface area contributed by atoms with E-state index in [2.05, 4.69) is 34.5 Å². The van der Waals surface area contributed by atoms with Gasteiger partial charge in [0.05, 0.1) is 5.69 Å². The predicted molar refractivity (Wildman–Crippen MR) is 139 cm³/mol. The summed E-state index contributed by atoms with van der Waals surface area (Å²) in [5, 5.41) is 22.3. The van der Waals surface area contributed by atoms with Crippen LogP contribution in [-0.4, -0.2) is 19.2 Å². The number of rotatable bonds is 6. The highest BCUT2D eigenvalue weighted by Crippen LogP contribution is 2.44. The summed E-state index contributed by atoms with van der Waals surface area (Å²) in [4.78, 5) is 2.02. The maximum absolute atomic E-state index is 10.5. The molecule has 1 N–H and O–H groups in total. The Morgan fingerprint density at radius 2 is 1.25 bits per heavy atom. The molecule has 0 unspecified atom stereocenters. The van der Waals surface area contributed by atoms with E-state index < -0.39 is 6.04 Å². The van der Waals surface area contributed by atoms with Crippen LogP contribution in [0.25, 0.3) is 0 Å². The first-order chi connectivity index (χ1) is 15.5. The number of phenols is 1. The number of benzene rings is 4. The molecule has 4 aromatic carbocycles. The topological polar surface area (TPSA) is 48.2 Å². The van der Waals surface area contributed by atoms with E-state index in [1.54, 1.807) is 6.07 Å². The van der Waals surface area contributed by atoms with Crippen LogP contribution in [0.1, 0.15) is 0 Å². The van der Waals surface area contributed by atoms with Crippen LogP contribution in [0.15, 0.2) is 113 Å². The highest BCUT2D eigenvalue weighted by atomic mass is 32.4. The van der Waals surface area contributed by atoms with Gasteiger partial charge in [-0.05, 0) is 58.4 Å². The van der Waals surface area contributed by atoms with Crippen molar-refractivity contribution < 1.29 is 5.11 Å². The van der Waals surface area contributed by atoms with Crippen molar-refractivity contribution >= 4 is 50.8 Å². The van der Waals surface area contributed by atoms with Crippen molar-refractivity contribution in [3.05, 3.63) is 103 Å². The lowest BCUT2D eigenvalue weighted by molar-refractivity contribution is 0.476. The summed E-state index contributed by atoms with van der Waals surface area (Å²) in [5.74, 6) is 0.0742. The number of phenolic OH excluding ortho intramolecular Hbond substituents is 1. The molecule has 0 atom stereocenters. The standard InChI is InChI=1S/C26H24N3OPS/c1-29(2)21-15-13-20(14-16-21)27-28-25-19-24(17-18-26(25)30)31(32,22-9-5-3-6-10-22)23-11-7-4-8-12-23/h3-19,30H,1-2H3. The van der Waals surface area contributed by atoms with Crippen molar-refractivity contribution in [3.8, 4) is 5.75 Å². The zero-order valence-electron chi connectivity index (χ0n) is 18.0. The van der Waals surface area contributed by atoms with Crippen molar-refractivity contribution in [1.29, 1.82) is 0 Å². The highest BCUT2D eigenvalue weighted by molar-refractivity contribution is 8.25. The van der Waals surface area contributed by atoms with Gasteiger partial charge in [0.1, 0.15) is 11.4 Å². The average Bonchev–Trinajstić information content (AvgIpc) is 2.84. The Balaban J connectivity index is 1.76. The Bertz CT molecular complexity index is 1230. The third-order valence-corrected chi connectivity index (χ3v) is 10.2. The van der Waals surface area contributed by atoms with Gasteiger partial charge in [0.2, 0.25) is 0 Å². The lowest BCUT2D eigenvalue weighted by Crippen LogP contribution is -2.24. The van der Waals surface area contributed by atoms with Crippen LogP contribution in [0.5, 0.6) is 5.75 Å². The summed E-state index contributed by atoms with van der Waals surface area (Å²) >= 11 is 6.37. The molecule has 0 aromatic heterocycles. The maximum Gasteiger partial charge on any atom is 0.143 e. The van der Waals surface area contributed by atoms with Gasteiger partial charge in [-0.1, -0.05) is 72.5 Å². The van der Waals surface area contributed by atoms with E-state index in [9.17, 15) is 5.11 Å². The van der Waals surface area contributed by atoms with Crippen LogP contribution in [0.4, 0.5) is 17.1 Å². The molecule has 0 amide bonds. The van der Waals surface area contributed by atoms with Crippen molar-refractivity contribution in [2.75, 3.05) is 19.0 Å². The molecule has 0 saturated carbocycles. The normalized spacial score (nSPS) is 11.6. The molecular weight excluding hydrogens is 433 g/mol. The van der Waals surface area contributed by atoms with Gasteiger partial charge in [0.25, 0.3) is 0 Å². The number of hydrogen-bond donors (Lipinski definition) is 1. The fraction of sp³-hybridized carbons (Fsp3) is 0.0769. The third kappa shape index (κ3) is 4.50. The smallest absolute Gasteiger partial charge is 0.143 e. The van der Waals surface area contributed by atoms with Gasteiger partial charge in [-0.15, -0.1) is 5.11 Å². The molecule has 0 bridgehead atoms. The Morgan fingerprint density at radius 3 is 1.78 bits per heavy atom. The summed E-state index contributed by atoms with van der Waals surface area (Å²) in [5.41, 5.74) is 2.20. The molecular formula is C26H24N3OPS. The Labute approximate surface area is 193 Å². The second kappa shape index (κ2) is 9.47. The number of anilines is 1. The lowest BCUT2D eigenvalue weighted by atomic mass is 10.3. The molecule has 0 fully saturated rings. The number of hydrogen-bond acceptors (Lipinski definition) is 5. The van der Waals surface area contributed by atoms with E-state index in [4.69, 9.17) is 11.8 Å². The molecule has 4 rings (SSSR count). The largest absolute Gasteiger partial charge is 0.506 e. The summed E-state index contributed by atoms with van der Waals surface area (Å²) in [6.07, 6.45) is 0. The van der Waals surface area contributed by atoms with Crippen molar-refractivity contribution in [1.82, 2.24) is 0 Å². The predicted octanol–water partition coefficient (Wildman–Crippen LogP) is 5.63. The molecule has 0 radical (unpaired) electrons. The van der Waals surface area contributed by atoms with Gasteiger partial charge in [0.15, 0.2) is 0 Å². The van der Waals surface area contributed by atoms with Crippen molar-refractivity contribution in [2.45, 2.75) is 0 Å². The molecule has 160 valence electrons. The Hall–Kier alpha value is -3.27. The maximum atomic E-state index is 10.5. The molecule has 4 aromatic rings. The SMILES string of the molecule is CN(C)c1ccc(N=Nc2cc(P(=S)(c3ccccc3)c3ccccc3)ccc2O)cc1. The zero-order valence-corrected chi connectivity index (χ0v) is 19.7. The van der Waals surface area contributed by atoms with Crippen LogP contribution >= 0.6 is 6.04 Å². The Morgan fingerprint density at radius 1 is 0.688 bits per heavy atom. The molecule has 0 aliphatic heterocycles. The zero-order chi connectivity index (χ0) is 22.6. The first kappa shape index (κ1) is 21.9. The van der Waals surface area contributed by atoms with Crippen LogP contribution in [-0.2, 0) is 11.8 Å². The average molecular weight is 458 g/mol. The first-order valence-electron chi connectivity index (χ1n) is 10.2. The van der Waals surface area contributed by atoms with Gasteiger partial charge >= 0.3 is 0 Å². The molecule has 0 aliphatic carbocycles. The van der Waals surface area contributed by atoms with Gasteiger partial charge in [-0.25, -0.2) is 0 Å². The lowest BCUT2D eigenvalue weighted by Gasteiger charge is -2.24. The third-order valence-electron chi connectivity index (χ3n) is 5.20. The van der Waals surface area contributed by atoms with Crippen LogP contribution in [0.3, 0.4) is 0 Å². The second-order valence-corrected chi connectivity index (χ2v) is 12.0. The van der Waals surface area contributed by atoms with E-state index >= 15 is 0 Å². The van der Waals surface area contributed by atoms with Crippen molar-refractivity contribution in [2.24, 2.45) is 10.2 Å². The van der Waals surface area contributed by atoms with Crippen LogP contribution in [0.2, 0.25) is 0 Å². The fourth-order valence-electron chi connectivity index (χ4n) is 3.44. The molecule has 0 spiro atoms. The van der Waals surface area contributed by atoms with Gasteiger partial charge in [-0.2, -0.15) is 5.11 Å². The molecule has 6 heteroatoms. The summed E-state index contributed by atoms with van der Waals surface area (Å²) < 4.78 is 0. The van der Waals surface area contributed by atoms with E-state index in [0.717, 1.165) is 21.6 Å². The van der Waals surface area contributed by atoms with E-state index in [-0.39, 0.29) is 5.75 Å². The van der Waals surface area contributed by atoms with E-state index in [1.807, 2.05) is 91.8 Å². The first-order valence-corrected chi connectivity index (χ1v) is 13.0. The molecule has 32 heavy (non-hydrogen) atoms. The number of azo groups is 1. The quantitative estimate of drug-likeness (QED) is 0.302. The minimum atomic E-state index is -2.32. The Kier molecular flexibility index (Phi) is 6.50. The number of nitrogens with zero attached hydrogens (tertiary/aromatic N) is 3. The highest BCUT2D eigenvalue weighted by Gasteiger charge is 2.25. The summed E-state index contributed by atoms with van der Waals surface area (Å²) in [6.45, 7) is 0. The van der Waals surface area contributed by atoms with E-state index in [1.165, 1.54) is 0 Å². The van der Waals surface area contributed by atoms with Crippen LogP contribution in [0, 0.1) is 0 Å². The molecule has 0 aliphatic rings. The van der Waals surface area contributed by atoms with E-state index in [0.29, 0.717) is 11.4 Å². The summed E-state index contributed by atoms with van der Waals surface area (Å²) in [6, 6.07) is 31.2. The monoisotopic (exact) mass is 457 g/mol. The van der Waals surface area contributed by atoms with Gasteiger partial charge in [-0.3, -0.25) is 0 Å². The van der Waals surface area contributed by atoms with Gasteiger partial charge in [0, 0.05) is 25.8 Å². The number of aromatic hydroxyl groups is 1.